The second-order valence-corrected chi connectivity index (χ2v) is 4.73. The van der Waals surface area contributed by atoms with Gasteiger partial charge in [0.15, 0.2) is 12.1 Å². The fraction of sp³-hybridized carbons (Fsp3) is 0.286. The quantitative estimate of drug-likeness (QED) is 0.764. The van der Waals surface area contributed by atoms with Crippen LogP contribution in [0.5, 0.6) is 0 Å². The molecule has 3 rings (SSSR count). The highest BCUT2D eigenvalue weighted by Gasteiger charge is 2.26. The van der Waals surface area contributed by atoms with Crippen molar-refractivity contribution in [2.24, 2.45) is 15.7 Å². The molecule has 0 spiro atoms. The van der Waals surface area contributed by atoms with Crippen LogP contribution in [-0.4, -0.2) is 25.6 Å². The minimum absolute atomic E-state index is 0.0405. The average molecular weight is 271 g/mol. The summed E-state index contributed by atoms with van der Waals surface area (Å²) in [4.78, 5) is 8.47. The minimum Gasteiger partial charge on any atom is -0.377 e. The van der Waals surface area contributed by atoms with Crippen molar-refractivity contribution in [2.75, 3.05) is 7.11 Å². The second kappa shape index (κ2) is 4.97. The Morgan fingerprint density at radius 1 is 1.40 bits per heavy atom. The molecule has 0 saturated heterocycles. The van der Waals surface area contributed by atoms with Crippen LogP contribution in [0, 0.1) is 0 Å². The molecular formula is C14H17N5O. The molecule has 4 N–H and O–H groups in total. The topological polar surface area (TPSA) is 84.0 Å². The summed E-state index contributed by atoms with van der Waals surface area (Å²) in [6, 6.07) is 8.15. The molecule has 1 aromatic carbocycles. The molecule has 1 unspecified atom stereocenters. The van der Waals surface area contributed by atoms with Crippen LogP contribution in [0.3, 0.4) is 0 Å². The molecule has 1 aromatic rings. The molecule has 2 aliphatic rings. The second-order valence-electron chi connectivity index (χ2n) is 4.73. The van der Waals surface area contributed by atoms with Gasteiger partial charge in [0.05, 0.1) is 23.8 Å². The predicted molar refractivity (Wildman–Crippen MR) is 79.0 cm³/mol. The zero-order valence-electron chi connectivity index (χ0n) is 11.4. The van der Waals surface area contributed by atoms with Crippen molar-refractivity contribution < 1.29 is 4.74 Å². The van der Waals surface area contributed by atoms with Gasteiger partial charge in [-0.25, -0.2) is 9.98 Å². The van der Waals surface area contributed by atoms with Crippen LogP contribution in [0.4, 0.5) is 0 Å². The molecule has 0 radical (unpaired) electrons. The maximum absolute atomic E-state index is 5.82. The number of hydrogen-bond donors (Lipinski definition) is 3. The van der Waals surface area contributed by atoms with Crippen LogP contribution in [0.15, 0.2) is 39.9 Å². The summed E-state index contributed by atoms with van der Waals surface area (Å²) in [5.41, 5.74) is 9.78. The lowest BCUT2D eigenvalue weighted by atomic mass is 10.0. The number of fused-ring (bicyclic) bond motifs is 1. The molecule has 2 aliphatic heterocycles. The number of guanidine groups is 1. The number of rotatable bonds is 3. The lowest BCUT2D eigenvalue weighted by Gasteiger charge is -2.22. The SMILES string of the molecule is CO[C@H](C)c1cccc(C2=C3NC=NC3N=C(N)N2)c1. The van der Waals surface area contributed by atoms with Gasteiger partial charge in [-0.1, -0.05) is 18.2 Å². The van der Waals surface area contributed by atoms with Gasteiger partial charge in [0.2, 0.25) is 0 Å². The largest absolute Gasteiger partial charge is 0.377 e. The van der Waals surface area contributed by atoms with Gasteiger partial charge in [0, 0.05) is 12.7 Å². The van der Waals surface area contributed by atoms with Crippen molar-refractivity contribution in [3.63, 3.8) is 0 Å². The molecule has 2 heterocycles. The third-order valence-corrected chi connectivity index (χ3v) is 3.48. The fourth-order valence-corrected chi connectivity index (χ4v) is 2.30. The Balaban J connectivity index is 2.00. The summed E-state index contributed by atoms with van der Waals surface area (Å²) in [5, 5.41) is 6.23. The number of methoxy groups -OCH3 is 1. The molecule has 0 amide bonds. The fourth-order valence-electron chi connectivity index (χ4n) is 2.30. The van der Waals surface area contributed by atoms with Crippen LogP contribution in [0.1, 0.15) is 24.2 Å². The van der Waals surface area contributed by atoms with Crippen molar-refractivity contribution in [3.8, 4) is 0 Å². The summed E-state index contributed by atoms with van der Waals surface area (Å²) in [6.45, 7) is 2.01. The Morgan fingerprint density at radius 3 is 3.05 bits per heavy atom. The van der Waals surface area contributed by atoms with Gasteiger partial charge in [0.25, 0.3) is 0 Å². The predicted octanol–water partition coefficient (Wildman–Crippen LogP) is 0.938. The number of nitrogens with one attached hydrogen (secondary N) is 2. The van der Waals surface area contributed by atoms with Crippen LogP contribution in [0.25, 0.3) is 5.70 Å². The van der Waals surface area contributed by atoms with Crippen LogP contribution in [0.2, 0.25) is 0 Å². The lowest BCUT2D eigenvalue weighted by Crippen LogP contribution is -2.38. The van der Waals surface area contributed by atoms with E-state index in [1.54, 1.807) is 13.4 Å². The van der Waals surface area contributed by atoms with E-state index in [-0.39, 0.29) is 12.3 Å². The number of nitrogens with two attached hydrogens (primary N) is 1. The number of hydrogen-bond acceptors (Lipinski definition) is 6. The summed E-state index contributed by atoms with van der Waals surface area (Å²) in [7, 11) is 1.70. The van der Waals surface area contributed by atoms with E-state index in [2.05, 4.69) is 26.7 Å². The van der Waals surface area contributed by atoms with Crippen LogP contribution < -0.4 is 16.4 Å². The van der Waals surface area contributed by atoms with E-state index >= 15 is 0 Å². The molecule has 6 nitrogen and oxygen atoms in total. The Labute approximate surface area is 117 Å². The number of benzene rings is 1. The van der Waals surface area contributed by atoms with E-state index in [1.165, 1.54) is 0 Å². The molecule has 6 heteroatoms. The number of aliphatic imine (C=N–C) groups is 2. The van der Waals surface area contributed by atoms with E-state index in [1.807, 2.05) is 25.1 Å². The van der Waals surface area contributed by atoms with E-state index in [4.69, 9.17) is 10.5 Å². The molecule has 0 aromatic heterocycles. The first-order valence-electron chi connectivity index (χ1n) is 6.45. The van der Waals surface area contributed by atoms with Crippen LogP contribution >= 0.6 is 0 Å². The third kappa shape index (κ3) is 2.14. The summed E-state index contributed by atoms with van der Waals surface area (Å²) >= 11 is 0. The molecule has 104 valence electrons. The molecule has 2 atom stereocenters. The zero-order valence-corrected chi connectivity index (χ0v) is 11.4. The number of nitrogens with zero attached hydrogens (tertiary/aromatic N) is 2. The first-order chi connectivity index (χ1) is 9.69. The Hall–Kier alpha value is -2.34. The highest BCUT2D eigenvalue weighted by molar-refractivity contribution is 5.93. The minimum atomic E-state index is -0.269. The van der Waals surface area contributed by atoms with Crippen LogP contribution in [-0.2, 0) is 4.74 Å². The Bertz CT molecular complexity index is 620. The molecule has 0 fully saturated rings. The molecule has 0 saturated carbocycles. The maximum atomic E-state index is 5.82. The van der Waals surface area contributed by atoms with Gasteiger partial charge in [0.1, 0.15) is 0 Å². The lowest BCUT2D eigenvalue weighted by molar-refractivity contribution is 0.119. The molecule has 0 aliphatic carbocycles. The molecule has 20 heavy (non-hydrogen) atoms. The van der Waals surface area contributed by atoms with Crippen molar-refractivity contribution in [1.82, 2.24) is 10.6 Å². The number of ether oxygens (including phenoxy) is 1. The van der Waals surface area contributed by atoms with Gasteiger partial charge in [-0.15, -0.1) is 0 Å². The first-order valence-corrected chi connectivity index (χ1v) is 6.45. The van der Waals surface area contributed by atoms with E-state index in [0.717, 1.165) is 22.5 Å². The van der Waals surface area contributed by atoms with Crippen molar-refractivity contribution in [2.45, 2.75) is 19.2 Å². The summed E-state index contributed by atoms with van der Waals surface area (Å²) < 4.78 is 5.36. The van der Waals surface area contributed by atoms with Gasteiger partial charge >= 0.3 is 0 Å². The first kappa shape index (κ1) is 12.7. The maximum Gasteiger partial charge on any atom is 0.195 e. The van der Waals surface area contributed by atoms with Crippen molar-refractivity contribution in [1.29, 1.82) is 0 Å². The van der Waals surface area contributed by atoms with Gasteiger partial charge in [-0.05, 0) is 18.6 Å². The monoisotopic (exact) mass is 271 g/mol. The highest BCUT2D eigenvalue weighted by atomic mass is 16.5. The Morgan fingerprint density at radius 2 is 2.25 bits per heavy atom. The summed E-state index contributed by atoms with van der Waals surface area (Å²) in [5.74, 6) is 0.375. The zero-order chi connectivity index (χ0) is 14.1. The van der Waals surface area contributed by atoms with Gasteiger partial charge < -0.3 is 21.1 Å². The summed E-state index contributed by atoms with van der Waals surface area (Å²) in [6.07, 6.45) is 1.42. The highest BCUT2D eigenvalue weighted by Crippen LogP contribution is 2.26. The van der Waals surface area contributed by atoms with Crippen molar-refractivity contribution in [3.05, 3.63) is 41.1 Å². The van der Waals surface area contributed by atoms with Crippen molar-refractivity contribution >= 4 is 18.0 Å². The van der Waals surface area contributed by atoms with Gasteiger partial charge in [-0.2, -0.15) is 0 Å². The average Bonchev–Trinajstić information content (AvgIpc) is 2.93. The standard InChI is InChI=1S/C14H17N5O/c1-8(20-2)9-4-3-5-10(6-9)11-12-13(17-7-16-12)19-14(15)18-11/h3-8,13H,1-2H3,(H,16,17)(H3,15,18,19)/t8-,13?/m1/s1. The normalized spacial score (nSPS) is 21.9. The smallest absolute Gasteiger partial charge is 0.195 e. The van der Waals surface area contributed by atoms with Gasteiger partial charge in [-0.3, -0.25) is 0 Å². The van der Waals surface area contributed by atoms with E-state index < -0.39 is 0 Å². The Kier molecular flexibility index (Phi) is 3.15. The molecular weight excluding hydrogens is 254 g/mol. The van der Waals surface area contributed by atoms with E-state index in [0.29, 0.717) is 5.96 Å². The molecule has 0 bridgehead atoms. The van der Waals surface area contributed by atoms with E-state index in [9.17, 15) is 0 Å². The third-order valence-electron chi connectivity index (χ3n) is 3.48.